The van der Waals surface area contributed by atoms with Gasteiger partial charge < -0.3 is 10.6 Å². The molecular weight excluding hydrogens is 210 g/mol. The van der Waals surface area contributed by atoms with Gasteiger partial charge in [-0.15, -0.1) is 0 Å². The van der Waals surface area contributed by atoms with E-state index in [1.807, 2.05) is 19.2 Å². The van der Waals surface area contributed by atoms with Gasteiger partial charge in [-0.2, -0.15) is 0 Å². The minimum Gasteiger partial charge on any atom is -0.398 e. The molecule has 1 rings (SSSR count). The zero-order valence-corrected chi connectivity index (χ0v) is 11.5. The molecule has 0 amide bonds. The van der Waals surface area contributed by atoms with Crippen molar-refractivity contribution in [2.75, 3.05) is 17.2 Å². The van der Waals surface area contributed by atoms with E-state index in [1.54, 1.807) is 0 Å². The van der Waals surface area contributed by atoms with Crippen molar-refractivity contribution < 1.29 is 0 Å². The lowest BCUT2D eigenvalue weighted by atomic mass is 10.2. The first-order chi connectivity index (χ1) is 8.06. The van der Waals surface area contributed by atoms with Crippen LogP contribution in [0.3, 0.4) is 0 Å². The number of rotatable bonds is 6. The minimum absolute atomic E-state index is 0.460. The number of unbranched alkanes of at least 4 members (excludes halogenated alkanes) is 2. The number of aryl methyl sites for hydroxylation is 1. The molecule has 1 aromatic heterocycles. The standard InChI is InChI=1S/C14H25N3/c1-5-6-7-8-17(11(2)3)14-9-13(15)12(4)10-16-14/h9-11H,5-8H2,1-4H3,(H2,15,16). The van der Waals surface area contributed by atoms with Crippen LogP contribution < -0.4 is 10.6 Å². The van der Waals surface area contributed by atoms with Gasteiger partial charge in [-0.25, -0.2) is 4.98 Å². The Labute approximate surface area is 105 Å². The van der Waals surface area contributed by atoms with E-state index in [2.05, 4.69) is 30.7 Å². The van der Waals surface area contributed by atoms with Crippen LogP contribution in [0.15, 0.2) is 12.3 Å². The number of hydrogen-bond acceptors (Lipinski definition) is 3. The van der Waals surface area contributed by atoms with E-state index in [0.29, 0.717) is 6.04 Å². The summed E-state index contributed by atoms with van der Waals surface area (Å²) in [5, 5.41) is 0. The highest BCUT2D eigenvalue weighted by atomic mass is 15.2. The molecule has 0 fully saturated rings. The molecule has 0 spiro atoms. The van der Waals surface area contributed by atoms with Crippen LogP contribution in [-0.2, 0) is 0 Å². The fourth-order valence-corrected chi connectivity index (χ4v) is 1.85. The monoisotopic (exact) mass is 235 g/mol. The second kappa shape index (κ2) is 6.48. The van der Waals surface area contributed by atoms with Gasteiger partial charge in [0.05, 0.1) is 0 Å². The highest BCUT2D eigenvalue weighted by Gasteiger charge is 2.12. The molecule has 17 heavy (non-hydrogen) atoms. The summed E-state index contributed by atoms with van der Waals surface area (Å²) in [6.45, 7) is 9.67. The van der Waals surface area contributed by atoms with Gasteiger partial charge in [0.15, 0.2) is 0 Å². The Bertz CT molecular complexity index is 347. The summed E-state index contributed by atoms with van der Waals surface area (Å²) in [6, 6.07) is 2.45. The number of aromatic nitrogens is 1. The SMILES string of the molecule is CCCCCN(c1cc(N)c(C)cn1)C(C)C. The van der Waals surface area contributed by atoms with E-state index < -0.39 is 0 Å². The van der Waals surface area contributed by atoms with Gasteiger partial charge in [0.2, 0.25) is 0 Å². The van der Waals surface area contributed by atoms with Crippen molar-refractivity contribution in [3.63, 3.8) is 0 Å². The van der Waals surface area contributed by atoms with Gasteiger partial charge in [-0.05, 0) is 32.8 Å². The quantitative estimate of drug-likeness (QED) is 0.769. The van der Waals surface area contributed by atoms with Gasteiger partial charge in [0.1, 0.15) is 5.82 Å². The van der Waals surface area contributed by atoms with Crippen LogP contribution in [0.5, 0.6) is 0 Å². The molecule has 0 aromatic carbocycles. The highest BCUT2D eigenvalue weighted by Crippen LogP contribution is 2.20. The van der Waals surface area contributed by atoms with Crippen LogP contribution in [0, 0.1) is 6.92 Å². The number of pyridine rings is 1. The molecule has 3 heteroatoms. The predicted molar refractivity (Wildman–Crippen MR) is 75.4 cm³/mol. The summed E-state index contributed by atoms with van der Waals surface area (Å²) in [4.78, 5) is 6.81. The van der Waals surface area contributed by atoms with Gasteiger partial charge in [0, 0.05) is 30.5 Å². The van der Waals surface area contributed by atoms with Crippen molar-refractivity contribution in [3.8, 4) is 0 Å². The average Bonchev–Trinajstić information content (AvgIpc) is 2.28. The van der Waals surface area contributed by atoms with Crippen molar-refractivity contribution in [3.05, 3.63) is 17.8 Å². The second-order valence-corrected chi connectivity index (χ2v) is 4.89. The van der Waals surface area contributed by atoms with Crippen LogP contribution in [0.2, 0.25) is 0 Å². The van der Waals surface area contributed by atoms with Crippen LogP contribution in [-0.4, -0.2) is 17.6 Å². The number of anilines is 2. The van der Waals surface area contributed by atoms with E-state index in [4.69, 9.17) is 5.73 Å². The Morgan fingerprint density at radius 1 is 1.35 bits per heavy atom. The van der Waals surface area contributed by atoms with E-state index in [9.17, 15) is 0 Å². The maximum absolute atomic E-state index is 5.95. The molecule has 0 aliphatic carbocycles. The van der Waals surface area contributed by atoms with Crippen molar-refractivity contribution in [1.82, 2.24) is 4.98 Å². The number of nitrogens with two attached hydrogens (primary N) is 1. The van der Waals surface area contributed by atoms with Crippen molar-refractivity contribution >= 4 is 11.5 Å². The topological polar surface area (TPSA) is 42.1 Å². The Morgan fingerprint density at radius 3 is 2.59 bits per heavy atom. The van der Waals surface area contributed by atoms with Crippen molar-refractivity contribution in [1.29, 1.82) is 0 Å². The van der Waals surface area contributed by atoms with Crippen molar-refractivity contribution in [2.45, 2.75) is 53.0 Å². The summed E-state index contributed by atoms with van der Waals surface area (Å²) in [6.07, 6.45) is 5.59. The summed E-state index contributed by atoms with van der Waals surface area (Å²) in [5.41, 5.74) is 7.82. The van der Waals surface area contributed by atoms with E-state index >= 15 is 0 Å². The Kier molecular flexibility index (Phi) is 5.26. The molecule has 0 saturated carbocycles. The summed E-state index contributed by atoms with van der Waals surface area (Å²) >= 11 is 0. The van der Waals surface area contributed by atoms with E-state index in [0.717, 1.165) is 23.6 Å². The number of nitrogens with zero attached hydrogens (tertiary/aromatic N) is 2. The lowest BCUT2D eigenvalue weighted by Gasteiger charge is -2.28. The zero-order chi connectivity index (χ0) is 12.8. The zero-order valence-electron chi connectivity index (χ0n) is 11.5. The fourth-order valence-electron chi connectivity index (χ4n) is 1.85. The molecule has 0 unspecified atom stereocenters. The Hall–Kier alpha value is -1.25. The summed E-state index contributed by atoms with van der Waals surface area (Å²) in [7, 11) is 0. The molecule has 2 N–H and O–H groups in total. The molecule has 0 bridgehead atoms. The molecule has 0 radical (unpaired) electrons. The lowest BCUT2D eigenvalue weighted by Crippen LogP contribution is -2.32. The number of hydrogen-bond donors (Lipinski definition) is 1. The second-order valence-electron chi connectivity index (χ2n) is 4.89. The molecule has 0 saturated heterocycles. The summed E-state index contributed by atoms with van der Waals surface area (Å²) < 4.78 is 0. The Balaban J connectivity index is 2.78. The average molecular weight is 235 g/mol. The number of nitrogen functional groups attached to an aromatic ring is 1. The molecule has 96 valence electrons. The van der Waals surface area contributed by atoms with E-state index in [1.165, 1.54) is 19.3 Å². The predicted octanol–water partition coefficient (Wildman–Crippen LogP) is 3.38. The van der Waals surface area contributed by atoms with Gasteiger partial charge in [0.25, 0.3) is 0 Å². The first kappa shape index (κ1) is 13.8. The first-order valence-electron chi connectivity index (χ1n) is 6.55. The molecule has 0 atom stereocenters. The third-order valence-corrected chi connectivity index (χ3v) is 3.05. The normalized spacial score (nSPS) is 10.9. The van der Waals surface area contributed by atoms with Gasteiger partial charge in [-0.1, -0.05) is 19.8 Å². The van der Waals surface area contributed by atoms with E-state index in [-0.39, 0.29) is 0 Å². The van der Waals surface area contributed by atoms with Crippen LogP contribution in [0.1, 0.15) is 45.6 Å². The summed E-state index contributed by atoms with van der Waals surface area (Å²) in [5.74, 6) is 0.999. The maximum Gasteiger partial charge on any atom is 0.130 e. The van der Waals surface area contributed by atoms with Crippen LogP contribution >= 0.6 is 0 Å². The molecular formula is C14H25N3. The van der Waals surface area contributed by atoms with Crippen LogP contribution in [0.25, 0.3) is 0 Å². The third-order valence-electron chi connectivity index (χ3n) is 3.05. The maximum atomic E-state index is 5.95. The minimum atomic E-state index is 0.460. The van der Waals surface area contributed by atoms with Crippen LogP contribution in [0.4, 0.5) is 11.5 Å². The molecule has 0 aliphatic rings. The fraction of sp³-hybridized carbons (Fsp3) is 0.643. The van der Waals surface area contributed by atoms with Gasteiger partial charge >= 0.3 is 0 Å². The highest BCUT2D eigenvalue weighted by molar-refractivity contribution is 5.55. The third kappa shape index (κ3) is 3.91. The Morgan fingerprint density at radius 2 is 2.06 bits per heavy atom. The largest absolute Gasteiger partial charge is 0.398 e. The molecule has 1 aromatic rings. The molecule has 0 aliphatic heterocycles. The molecule has 3 nitrogen and oxygen atoms in total. The smallest absolute Gasteiger partial charge is 0.130 e. The van der Waals surface area contributed by atoms with Crippen molar-refractivity contribution in [2.24, 2.45) is 0 Å². The van der Waals surface area contributed by atoms with Gasteiger partial charge in [-0.3, -0.25) is 0 Å². The lowest BCUT2D eigenvalue weighted by molar-refractivity contribution is 0.620. The molecule has 1 heterocycles. The first-order valence-corrected chi connectivity index (χ1v) is 6.55.